The largest absolute Gasteiger partial charge is 0.147 e. The van der Waals surface area contributed by atoms with Gasteiger partial charge < -0.3 is 0 Å². The molecular formula is C20H32Cl2Hf. The first-order chi connectivity index (χ1) is 9.66. The molecule has 0 saturated carbocycles. The summed E-state index contributed by atoms with van der Waals surface area (Å²) in [5.41, 5.74) is 3.84. The predicted molar refractivity (Wildman–Crippen MR) is 107 cm³/mol. The van der Waals surface area contributed by atoms with Crippen molar-refractivity contribution < 1.29 is 21.0 Å². The Bertz CT molecular complexity index is 538. The van der Waals surface area contributed by atoms with Crippen LogP contribution in [-0.2, 0) is 21.0 Å². The Hall–Kier alpha value is 0.280. The van der Waals surface area contributed by atoms with E-state index >= 15 is 0 Å². The van der Waals surface area contributed by atoms with Gasteiger partial charge in [0, 0.05) is 0 Å². The number of hydrogen-bond donors (Lipinski definition) is 0. The van der Waals surface area contributed by atoms with Crippen LogP contribution in [0.4, 0.5) is 0 Å². The van der Waals surface area contributed by atoms with Crippen LogP contribution in [0.2, 0.25) is 0 Å². The maximum atomic E-state index is 2.62. The minimum atomic E-state index is -1.99. The average molecular weight is 522 g/mol. The van der Waals surface area contributed by atoms with Gasteiger partial charge in [0.25, 0.3) is 0 Å². The SMILES string of the molecule is C[CH]=[Hf]([C]1=C(C(C)(C)C)C=CC1)[C]1=C(C(C)(C)C)C=CC1.Cl.Cl. The van der Waals surface area contributed by atoms with Gasteiger partial charge in [0.2, 0.25) is 0 Å². The van der Waals surface area contributed by atoms with Gasteiger partial charge in [-0.3, -0.25) is 0 Å². The second kappa shape index (κ2) is 8.59. The van der Waals surface area contributed by atoms with Crippen molar-refractivity contribution in [1.82, 2.24) is 0 Å². The summed E-state index contributed by atoms with van der Waals surface area (Å²) < 4.78 is 6.28. The summed E-state index contributed by atoms with van der Waals surface area (Å²) in [6, 6.07) is 0. The topological polar surface area (TPSA) is 0 Å². The molecule has 0 radical (unpaired) electrons. The van der Waals surface area contributed by atoms with E-state index in [0.717, 1.165) is 0 Å². The fraction of sp³-hybridized carbons (Fsp3) is 0.550. The van der Waals surface area contributed by atoms with E-state index in [-0.39, 0.29) is 35.6 Å². The summed E-state index contributed by atoms with van der Waals surface area (Å²) in [7, 11) is 0. The maximum Gasteiger partial charge on any atom is -0.147 e. The van der Waals surface area contributed by atoms with Crippen LogP contribution in [0.1, 0.15) is 61.3 Å². The molecule has 0 aromatic carbocycles. The van der Waals surface area contributed by atoms with Crippen LogP contribution >= 0.6 is 24.8 Å². The molecule has 0 aliphatic heterocycles. The molecule has 0 atom stereocenters. The van der Waals surface area contributed by atoms with Crippen LogP contribution in [0.15, 0.2) is 42.1 Å². The van der Waals surface area contributed by atoms with Gasteiger partial charge in [0.05, 0.1) is 0 Å². The molecule has 0 saturated heterocycles. The standard InChI is InChI=1S/2C9H13.C2H4.2ClH.Hf/c2*1-9(2,3)8-6-4-5-7-8;1-2;;;/h2*4,6H,5H2,1-3H3;1H,2H3;2*1H;. The van der Waals surface area contributed by atoms with Crippen molar-refractivity contribution >= 4 is 28.6 Å². The smallest absolute Gasteiger partial charge is 0.147 e. The third-order valence-electron chi connectivity index (χ3n) is 4.42. The predicted octanol–water partition coefficient (Wildman–Crippen LogP) is 6.79. The van der Waals surface area contributed by atoms with Crippen molar-refractivity contribution in [2.45, 2.75) is 61.3 Å². The van der Waals surface area contributed by atoms with Gasteiger partial charge in [-0.1, -0.05) is 0 Å². The number of rotatable bonds is 2. The van der Waals surface area contributed by atoms with Crippen molar-refractivity contribution in [3.05, 3.63) is 42.1 Å². The van der Waals surface area contributed by atoms with E-state index in [1.807, 2.05) is 6.66 Å². The molecule has 130 valence electrons. The zero-order valence-corrected chi connectivity index (χ0v) is 20.8. The maximum absolute atomic E-state index is 2.62. The quantitative estimate of drug-likeness (QED) is 0.351. The van der Waals surface area contributed by atoms with Crippen molar-refractivity contribution in [1.29, 1.82) is 0 Å². The fourth-order valence-corrected chi connectivity index (χ4v) is 15.1. The van der Waals surface area contributed by atoms with Crippen LogP contribution in [-0.4, -0.2) is 3.76 Å². The van der Waals surface area contributed by atoms with E-state index in [9.17, 15) is 0 Å². The van der Waals surface area contributed by atoms with E-state index in [1.165, 1.54) is 12.8 Å². The first kappa shape index (κ1) is 23.3. The molecule has 2 aliphatic rings. The molecule has 0 heterocycles. The first-order valence-electron chi connectivity index (χ1n) is 8.13. The van der Waals surface area contributed by atoms with Gasteiger partial charge in [0.1, 0.15) is 0 Å². The summed E-state index contributed by atoms with van der Waals surface area (Å²) in [5, 5.41) is 0. The monoisotopic (exact) mass is 522 g/mol. The molecule has 23 heavy (non-hydrogen) atoms. The van der Waals surface area contributed by atoms with Crippen LogP contribution in [0.3, 0.4) is 0 Å². The molecular weight excluding hydrogens is 490 g/mol. The van der Waals surface area contributed by atoms with Gasteiger partial charge in [-0.05, 0) is 0 Å². The van der Waals surface area contributed by atoms with Crippen molar-refractivity contribution in [2.75, 3.05) is 0 Å². The van der Waals surface area contributed by atoms with E-state index < -0.39 is 21.0 Å². The van der Waals surface area contributed by atoms with Crippen LogP contribution in [0.25, 0.3) is 0 Å². The second-order valence-corrected chi connectivity index (χ2v) is 17.6. The molecule has 0 aromatic heterocycles. The second-order valence-electron chi connectivity index (χ2n) is 8.20. The molecule has 0 fully saturated rings. The van der Waals surface area contributed by atoms with E-state index in [1.54, 1.807) is 11.1 Å². The van der Waals surface area contributed by atoms with E-state index in [0.29, 0.717) is 0 Å². The van der Waals surface area contributed by atoms with Crippen molar-refractivity contribution in [3.63, 3.8) is 0 Å². The van der Waals surface area contributed by atoms with Gasteiger partial charge in [0.15, 0.2) is 0 Å². The van der Waals surface area contributed by atoms with Gasteiger partial charge >= 0.3 is 139 Å². The Balaban J connectivity index is 0.00000242. The normalized spacial score (nSPS) is 17.3. The molecule has 3 heteroatoms. The number of halogens is 2. The first-order valence-corrected chi connectivity index (χ1v) is 13.8. The molecule has 0 spiro atoms. The Labute approximate surface area is 163 Å². The fourth-order valence-electron chi connectivity index (χ4n) is 3.46. The zero-order valence-electron chi connectivity index (χ0n) is 15.6. The van der Waals surface area contributed by atoms with Gasteiger partial charge in [-0.15, -0.1) is 24.8 Å². The van der Waals surface area contributed by atoms with Gasteiger partial charge in [-0.25, -0.2) is 0 Å². The van der Waals surface area contributed by atoms with Gasteiger partial charge in [-0.2, -0.15) is 0 Å². The third-order valence-corrected chi connectivity index (χ3v) is 14.6. The summed E-state index contributed by atoms with van der Waals surface area (Å²) in [5.74, 6) is 0. The Morgan fingerprint density at radius 3 is 1.39 bits per heavy atom. The molecule has 0 bridgehead atoms. The summed E-state index contributed by atoms with van der Waals surface area (Å²) in [4.78, 5) is 0. The van der Waals surface area contributed by atoms with Crippen molar-refractivity contribution in [3.8, 4) is 0 Å². The minimum Gasteiger partial charge on any atom is -0.147 e. The molecule has 0 unspecified atom stereocenters. The Morgan fingerprint density at radius 2 is 1.13 bits per heavy atom. The molecule has 0 aromatic rings. The average Bonchev–Trinajstić information content (AvgIpc) is 2.96. The minimum absolute atomic E-state index is 0. The molecule has 2 rings (SSSR count). The zero-order chi connectivity index (χ0) is 15.8. The van der Waals surface area contributed by atoms with Crippen molar-refractivity contribution in [2.24, 2.45) is 10.8 Å². The molecule has 0 amide bonds. The Morgan fingerprint density at radius 1 is 0.783 bits per heavy atom. The van der Waals surface area contributed by atoms with E-state index in [2.05, 4.69) is 76.5 Å². The molecule has 2 aliphatic carbocycles. The summed E-state index contributed by atoms with van der Waals surface area (Å²) >= 11 is -1.99. The van der Waals surface area contributed by atoms with E-state index in [4.69, 9.17) is 0 Å². The number of hydrogen-bond acceptors (Lipinski definition) is 0. The summed E-state index contributed by atoms with van der Waals surface area (Å²) in [6.45, 7) is 16.5. The van der Waals surface area contributed by atoms with Crippen LogP contribution in [0.5, 0.6) is 0 Å². The summed E-state index contributed by atoms with van der Waals surface area (Å²) in [6.07, 6.45) is 12.0. The van der Waals surface area contributed by atoms with Crippen LogP contribution in [0, 0.1) is 10.8 Å². The molecule has 0 nitrogen and oxygen atoms in total. The Kier molecular flexibility index (Phi) is 8.69. The number of allylic oxidation sites excluding steroid dienone is 8. The molecule has 0 N–H and O–H groups in total. The third kappa shape index (κ3) is 5.13. The van der Waals surface area contributed by atoms with Crippen LogP contribution < -0.4 is 0 Å².